The van der Waals surface area contributed by atoms with Crippen LogP contribution >= 0.6 is 0 Å². The lowest BCUT2D eigenvalue weighted by molar-refractivity contribution is 0.197. The maximum atomic E-state index is 6.27. The summed E-state index contributed by atoms with van der Waals surface area (Å²) in [7, 11) is 1.96. The monoisotopic (exact) mass is 281 g/mol. The Morgan fingerprint density at radius 3 is 2.71 bits per heavy atom. The highest BCUT2D eigenvalue weighted by Gasteiger charge is 2.14. The van der Waals surface area contributed by atoms with Gasteiger partial charge in [-0.2, -0.15) is 0 Å². The van der Waals surface area contributed by atoms with Crippen molar-refractivity contribution in [2.24, 2.45) is 0 Å². The molecule has 0 aliphatic carbocycles. The highest BCUT2D eigenvalue weighted by Crippen LogP contribution is 2.31. The van der Waals surface area contributed by atoms with Crippen LogP contribution < -0.4 is 10.1 Å². The van der Waals surface area contributed by atoms with Crippen molar-refractivity contribution in [3.05, 3.63) is 66.4 Å². The topological polar surface area (TPSA) is 34.4 Å². The van der Waals surface area contributed by atoms with E-state index in [-0.39, 0.29) is 6.10 Å². The van der Waals surface area contributed by atoms with Crippen LogP contribution in [0.2, 0.25) is 0 Å². The third-order valence-electron chi connectivity index (χ3n) is 3.55. The van der Waals surface area contributed by atoms with E-state index < -0.39 is 0 Å². The van der Waals surface area contributed by atoms with Crippen molar-refractivity contribution in [3.63, 3.8) is 0 Å². The minimum atomic E-state index is 0.0270. The summed E-state index contributed by atoms with van der Waals surface area (Å²) in [5.41, 5.74) is 2.04. The van der Waals surface area contributed by atoms with Gasteiger partial charge in [0.05, 0.1) is 11.6 Å². The van der Waals surface area contributed by atoms with Crippen LogP contribution in [0.4, 0.5) is 0 Å². The van der Waals surface area contributed by atoms with E-state index in [1.807, 2.05) is 49.5 Å². The number of benzene rings is 2. The molecule has 1 aromatic heterocycles. The molecule has 1 N–H and O–H groups in total. The third-order valence-corrected chi connectivity index (χ3v) is 3.55. The summed E-state index contributed by atoms with van der Waals surface area (Å²) in [4.78, 5) is 0. The van der Waals surface area contributed by atoms with Crippen LogP contribution in [0.15, 0.2) is 65.3 Å². The number of fused-ring (bicyclic) bond motifs is 1. The summed E-state index contributed by atoms with van der Waals surface area (Å²) in [5.74, 6) is 0.867. The zero-order valence-electron chi connectivity index (χ0n) is 12.1. The fourth-order valence-electron chi connectivity index (χ4n) is 2.46. The van der Waals surface area contributed by atoms with Crippen molar-refractivity contribution < 1.29 is 9.15 Å². The van der Waals surface area contributed by atoms with Gasteiger partial charge in [-0.25, -0.2) is 0 Å². The summed E-state index contributed by atoms with van der Waals surface area (Å²) in [6.07, 6.45) is 2.64. The van der Waals surface area contributed by atoms with Crippen molar-refractivity contribution >= 4 is 11.0 Å². The molecule has 0 radical (unpaired) electrons. The molecule has 3 nitrogen and oxygen atoms in total. The minimum absolute atomic E-state index is 0.0270. The van der Waals surface area contributed by atoms with E-state index in [1.54, 1.807) is 6.26 Å². The number of hydrogen-bond acceptors (Lipinski definition) is 3. The Morgan fingerprint density at radius 1 is 1.05 bits per heavy atom. The summed E-state index contributed by atoms with van der Waals surface area (Å²) >= 11 is 0. The molecule has 108 valence electrons. The third kappa shape index (κ3) is 3.09. The lowest BCUT2D eigenvalue weighted by Gasteiger charge is -2.20. The van der Waals surface area contributed by atoms with E-state index in [2.05, 4.69) is 17.4 Å². The molecular formula is C18H19NO2. The molecule has 0 spiro atoms. The van der Waals surface area contributed by atoms with Gasteiger partial charge in [-0.05, 0) is 37.4 Å². The van der Waals surface area contributed by atoms with Gasteiger partial charge in [0, 0.05) is 6.42 Å². The standard InChI is InChI=1S/C18H19NO2/c1-19-12-10-16(14-6-3-2-4-7-14)21-18-9-5-8-17-15(18)11-13-20-17/h2-9,11,13,16,19H,10,12H2,1H3. The summed E-state index contributed by atoms with van der Waals surface area (Å²) < 4.78 is 11.7. The first-order valence-electron chi connectivity index (χ1n) is 7.21. The second-order valence-corrected chi connectivity index (χ2v) is 5.00. The van der Waals surface area contributed by atoms with Gasteiger partial charge in [-0.15, -0.1) is 0 Å². The van der Waals surface area contributed by atoms with Gasteiger partial charge in [0.25, 0.3) is 0 Å². The fraction of sp³-hybridized carbons (Fsp3) is 0.222. The molecule has 1 heterocycles. The zero-order chi connectivity index (χ0) is 14.5. The van der Waals surface area contributed by atoms with E-state index in [0.717, 1.165) is 29.7 Å². The first kappa shape index (κ1) is 13.7. The molecule has 0 saturated heterocycles. The summed E-state index contributed by atoms with van der Waals surface area (Å²) in [5, 5.41) is 4.20. The van der Waals surface area contributed by atoms with E-state index in [0.29, 0.717) is 0 Å². The molecular weight excluding hydrogens is 262 g/mol. The molecule has 0 aliphatic rings. The normalized spacial score (nSPS) is 12.4. The Balaban J connectivity index is 1.89. The molecule has 3 aromatic rings. The van der Waals surface area contributed by atoms with Gasteiger partial charge >= 0.3 is 0 Å². The molecule has 0 bridgehead atoms. The van der Waals surface area contributed by atoms with Gasteiger partial charge in [-0.1, -0.05) is 36.4 Å². The molecule has 3 rings (SSSR count). The Labute approximate surface area is 124 Å². The van der Waals surface area contributed by atoms with Crippen LogP contribution in [-0.4, -0.2) is 13.6 Å². The maximum Gasteiger partial charge on any atom is 0.137 e. The SMILES string of the molecule is CNCCC(Oc1cccc2occc12)c1ccccc1. The molecule has 3 heteroatoms. The average molecular weight is 281 g/mol. The Bertz CT molecular complexity index is 691. The second kappa shape index (κ2) is 6.46. The smallest absolute Gasteiger partial charge is 0.137 e. The Hall–Kier alpha value is -2.26. The van der Waals surface area contributed by atoms with Crippen molar-refractivity contribution in [1.82, 2.24) is 5.32 Å². The lowest BCUT2D eigenvalue weighted by Crippen LogP contribution is -2.16. The minimum Gasteiger partial charge on any atom is -0.485 e. The quantitative estimate of drug-likeness (QED) is 0.736. The molecule has 0 aliphatic heterocycles. The van der Waals surface area contributed by atoms with E-state index in [4.69, 9.17) is 9.15 Å². The largest absolute Gasteiger partial charge is 0.485 e. The Kier molecular flexibility index (Phi) is 4.22. The highest BCUT2D eigenvalue weighted by atomic mass is 16.5. The number of furan rings is 1. The highest BCUT2D eigenvalue weighted by molar-refractivity contribution is 5.83. The van der Waals surface area contributed by atoms with Gasteiger partial charge < -0.3 is 14.5 Å². The fourth-order valence-corrected chi connectivity index (χ4v) is 2.46. The number of rotatable bonds is 6. The molecule has 0 fully saturated rings. The predicted molar refractivity (Wildman–Crippen MR) is 84.6 cm³/mol. The van der Waals surface area contributed by atoms with Gasteiger partial charge in [-0.3, -0.25) is 0 Å². The Morgan fingerprint density at radius 2 is 1.90 bits per heavy atom. The van der Waals surface area contributed by atoms with Crippen molar-refractivity contribution in [1.29, 1.82) is 0 Å². The van der Waals surface area contributed by atoms with Crippen LogP contribution in [-0.2, 0) is 0 Å². The first-order chi connectivity index (χ1) is 10.4. The predicted octanol–water partition coefficient (Wildman–Crippen LogP) is 4.16. The molecule has 2 aromatic carbocycles. The molecule has 21 heavy (non-hydrogen) atoms. The summed E-state index contributed by atoms with van der Waals surface area (Å²) in [6.45, 7) is 0.904. The lowest BCUT2D eigenvalue weighted by atomic mass is 10.1. The van der Waals surface area contributed by atoms with Crippen molar-refractivity contribution in [2.75, 3.05) is 13.6 Å². The van der Waals surface area contributed by atoms with E-state index >= 15 is 0 Å². The van der Waals surface area contributed by atoms with Crippen molar-refractivity contribution in [2.45, 2.75) is 12.5 Å². The number of hydrogen-bond donors (Lipinski definition) is 1. The van der Waals surface area contributed by atoms with Gasteiger partial charge in [0.2, 0.25) is 0 Å². The maximum absolute atomic E-state index is 6.27. The molecule has 0 amide bonds. The van der Waals surface area contributed by atoms with Crippen LogP contribution in [0.3, 0.4) is 0 Å². The van der Waals surface area contributed by atoms with E-state index in [9.17, 15) is 0 Å². The summed E-state index contributed by atoms with van der Waals surface area (Å²) in [6, 6.07) is 18.2. The molecule has 0 saturated carbocycles. The van der Waals surface area contributed by atoms with Crippen LogP contribution in [0.5, 0.6) is 5.75 Å². The number of ether oxygens (including phenoxy) is 1. The zero-order valence-corrected chi connectivity index (χ0v) is 12.1. The average Bonchev–Trinajstić information content (AvgIpc) is 3.01. The molecule has 1 unspecified atom stereocenters. The van der Waals surface area contributed by atoms with Crippen LogP contribution in [0.25, 0.3) is 11.0 Å². The van der Waals surface area contributed by atoms with Crippen LogP contribution in [0.1, 0.15) is 18.1 Å². The van der Waals surface area contributed by atoms with Gasteiger partial charge in [0.1, 0.15) is 17.4 Å². The number of nitrogens with one attached hydrogen (secondary N) is 1. The van der Waals surface area contributed by atoms with Gasteiger partial charge in [0.15, 0.2) is 0 Å². The van der Waals surface area contributed by atoms with Crippen LogP contribution in [0, 0.1) is 0 Å². The second-order valence-electron chi connectivity index (χ2n) is 5.00. The van der Waals surface area contributed by atoms with Crippen molar-refractivity contribution in [3.8, 4) is 5.75 Å². The molecule has 1 atom stereocenters. The van der Waals surface area contributed by atoms with E-state index in [1.165, 1.54) is 5.56 Å². The first-order valence-corrected chi connectivity index (χ1v) is 7.21.